The summed E-state index contributed by atoms with van der Waals surface area (Å²) in [6, 6.07) is 9.52. The Labute approximate surface area is 175 Å². The number of carbonyl (C=O) groups is 1. The molecule has 0 unspecified atom stereocenters. The minimum Gasteiger partial charge on any atom is -0.356 e. The first kappa shape index (κ1) is 18.5. The number of hydrazine groups is 1. The molecule has 29 heavy (non-hydrogen) atoms. The number of aryl methyl sites for hydroxylation is 1. The van der Waals surface area contributed by atoms with Crippen molar-refractivity contribution in [1.29, 1.82) is 0 Å². The third-order valence-electron chi connectivity index (χ3n) is 6.69. The normalized spacial score (nSPS) is 29.5. The van der Waals surface area contributed by atoms with Crippen LogP contribution in [0.25, 0.3) is 5.69 Å². The van der Waals surface area contributed by atoms with E-state index in [1.54, 1.807) is 6.92 Å². The second kappa shape index (κ2) is 7.09. The summed E-state index contributed by atoms with van der Waals surface area (Å²) in [7, 11) is 0. The quantitative estimate of drug-likeness (QED) is 0.533. The zero-order valence-corrected chi connectivity index (χ0v) is 17.3. The predicted octanol–water partition coefficient (Wildman–Crippen LogP) is 2.65. The maximum Gasteiger partial charge on any atom is 0.292 e. The number of nitrogens with one attached hydrogen (secondary N) is 3. The molecular formula is C21H26N6OS. The number of hydrogen-bond donors (Lipinski definition) is 3. The monoisotopic (exact) mass is 410 g/mol. The number of rotatable bonds is 3. The second-order valence-electron chi connectivity index (χ2n) is 8.99. The Morgan fingerprint density at radius 2 is 1.66 bits per heavy atom. The van der Waals surface area contributed by atoms with Gasteiger partial charge in [-0.2, -0.15) is 9.90 Å². The van der Waals surface area contributed by atoms with E-state index in [0.29, 0.717) is 10.8 Å². The summed E-state index contributed by atoms with van der Waals surface area (Å²) >= 11 is 5.49. The van der Waals surface area contributed by atoms with Crippen LogP contribution in [-0.4, -0.2) is 31.6 Å². The summed E-state index contributed by atoms with van der Waals surface area (Å²) in [5, 5.41) is 12.7. The number of amides is 1. The summed E-state index contributed by atoms with van der Waals surface area (Å²) in [6.07, 6.45) is 7.73. The van der Waals surface area contributed by atoms with Gasteiger partial charge in [0.25, 0.3) is 5.91 Å². The third-order valence-corrected chi connectivity index (χ3v) is 6.89. The van der Waals surface area contributed by atoms with Gasteiger partial charge in [0.2, 0.25) is 0 Å². The van der Waals surface area contributed by atoms with Gasteiger partial charge in [0, 0.05) is 5.54 Å². The fourth-order valence-electron chi connectivity index (χ4n) is 5.97. The Bertz CT molecular complexity index is 905. The summed E-state index contributed by atoms with van der Waals surface area (Å²) in [5.74, 6) is 2.16. The van der Waals surface area contributed by atoms with Crippen LogP contribution in [0.5, 0.6) is 0 Å². The highest BCUT2D eigenvalue weighted by Crippen LogP contribution is 2.55. The molecule has 4 aliphatic rings. The lowest BCUT2D eigenvalue weighted by atomic mass is 9.53. The first-order chi connectivity index (χ1) is 14.0. The van der Waals surface area contributed by atoms with Crippen molar-refractivity contribution < 1.29 is 4.79 Å². The lowest BCUT2D eigenvalue weighted by Gasteiger charge is -2.57. The second-order valence-corrected chi connectivity index (χ2v) is 9.40. The van der Waals surface area contributed by atoms with Crippen LogP contribution in [0.1, 0.15) is 54.7 Å². The standard InChI is InChI=1S/C21H26N6OS/c1-13-18(26-27(25-13)17-5-3-2-4-6-17)19(28)23-24-20(29)22-21-10-14-7-15(11-21)9-16(8-14)12-21/h2-6,14-16H,7-12H2,1H3,(H,23,28)(H2,22,24,29). The maximum absolute atomic E-state index is 12.6. The van der Waals surface area contributed by atoms with Crippen molar-refractivity contribution in [2.75, 3.05) is 0 Å². The Hall–Kier alpha value is -2.48. The number of aromatic nitrogens is 3. The molecule has 7 nitrogen and oxygen atoms in total. The molecule has 0 spiro atoms. The van der Waals surface area contributed by atoms with E-state index in [-0.39, 0.29) is 17.1 Å². The molecule has 0 radical (unpaired) electrons. The van der Waals surface area contributed by atoms with Crippen LogP contribution in [0.2, 0.25) is 0 Å². The fourth-order valence-corrected chi connectivity index (χ4v) is 6.24. The van der Waals surface area contributed by atoms with E-state index in [2.05, 4.69) is 26.4 Å². The van der Waals surface area contributed by atoms with Gasteiger partial charge in [0.05, 0.1) is 11.4 Å². The minimum absolute atomic E-state index is 0.107. The van der Waals surface area contributed by atoms with E-state index in [0.717, 1.165) is 23.4 Å². The number of nitrogens with zero attached hydrogens (tertiary/aromatic N) is 3. The van der Waals surface area contributed by atoms with E-state index >= 15 is 0 Å². The maximum atomic E-state index is 12.6. The van der Waals surface area contributed by atoms with Crippen molar-refractivity contribution in [3.05, 3.63) is 41.7 Å². The van der Waals surface area contributed by atoms with E-state index in [1.807, 2.05) is 30.3 Å². The van der Waals surface area contributed by atoms with Gasteiger partial charge < -0.3 is 5.32 Å². The molecule has 152 valence electrons. The van der Waals surface area contributed by atoms with Crippen LogP contribution in [-0.2, 0) is 0 Å². The summed E-state index contributed by atoms with van der Waals surface area (Å²) in [4.78, 5) is 14.1. The van der Waals surface area contributed by atoms with Crippen molar-refractivity contribution in [3.8, 4) is 5.69 Å². The first-order valence-electron chi connectivity index (χ1n) is 10.4. The molecule has 0 saturated heterocycles. The average Bonchev–Trinajstić information content (AvgIpc) is 3.07. The van der Waals surface area contributed by atoms with Gasteiger partial charge >= 0.3 is 0 Å². The van der Waals surface area contributed by atoms with E-state index in [1.165, 1.54) is 43.3 Å². The molecule has 0 atom stereocenters. The zero-order valence-electron chi connectivity index (χ0n) is 16.5. The van der Waals surface area contributed by atoms with E-state index in [9.17, 15) is 4.79 Å². The van der Waals surface area contributed by atoms with E-state index in [4.69, 9.17) is 12.2 Å². The van der Waals surface area contributed by atoms with Gasteiger partial charge in [-0.3, -0.25) is 15.6 Å². The SMILES string of the molecule is Cc1nn(-c2ccccc2)nc1C(=O)NNC(=S)NC12CC3CC(CC(C3)C1)C2. The average molecular weight is 411 g/mol. The summed E-state index contributed by atoms with van der Waals surface area (Å²) in [6.45, 7) is 1.77. The molecule has 4 aliphatic carbocycles. The Morgan fingerprint density at radius 1 is 1.03 bits per heavy atom. The van der Waals surface area contributed by atoms with Crippen molar-refractivity contribution >= 4 is 23.2 Å². The predicted molar refractivity (Wildman–Crippen MR) is 113 cm³/mol. The summed E-state index contributed by atoms with van der Waals surface area (Å²) < 4.78 is 0. The molecule has 1 aromatic carbocycles. The summed E-state index contributed by atoms with van der Waals surface area (Å²) in [5.41, 5.74) is 7.31. The molecule has 8 heteroatoms. The van der Waals surface area contributed by atoms with Crippen molar-refractivity contribution in [1.82, 2.24) is 31.2 Å². The lowest BCUT2D eigenvalue weighted by Crippen LogP contribution is -2.62. The van der Waals surface area contributed by atoms with Gasteiger partial charge in [-0.05, 0) is 87.6 Å². The van der Waals surface area contributed by atoms with Gasteiger partial charge in [-0.25, -0.2) is 0 Å². The lowest BCUT2D eigenvalue weighted by molar-refractivity contribution is -0.0102. The van der Waals surface area contributed by atoms with Crippen molar-refractivity contribution in [2.24, 2.45) is 17.8 Å². The molecule has 4 saturated carbocycles. The number of carbonyl (C=O) groups excluding carboxylic acids is 1. The van der Waals surface area contributed by atoms with Crippen LogP contribution in [0.15, 0.2) is 30.3 Å². The molecule has 2 aromatic rings. The number of benzene rings is 1. The number of hydrogen-bond acceptors (Lipinski definition) is 4. The molecule has 1 aromatic heterocycles. The molecule has 1 heterocycles. The molecule has 3 N–H and O–H groups in total. The van der Waals surface area contributed by atoms with Crippen LogP contribution in [0.4, 0.5) is 0 Å². The molecule has 4 bridgehead atoms. The Balaban J connectivity index is 1.20. The van der Waals surface area contributed by atoms with Crippen LogP contribution in [0.3, 0.4) is 0 Å². The van der Waals surface area contributed by atoms with E-state index < -0.39 is 0 Å². The third kappa shape index (κ3) is 3.61. The van der Waals surface area contributed by atoms with Gasteiger partial charge in [-0.1, -0.05) is 18.2 Å². The van der Waals surface area contributed by atoms with Gasteiger partial charge in [-0.15, -0.1) is 5.10 Å². The zero-order chi connectivity index (χ0) is 20.0. The van der Waals surface area contributed by atoms with Crippen molar-refractivity contribution in [3.63, 3.8) is 0 Å². The van der Waals surface area contributed by atoms with Gasteiger partial charge in [0.1, 0.15) is 0 Å². The highest BCUT2D eigenvalue weighted by molar-refractivity contribution is 7.80. The number of para-hydroxylation sites is 1. The highest BCUT2D eigenvalue weighted by Gasteiger charge is 2.51. The molecule has 6 rings (SSSR count). The molecule has 1 amide bonds. The molecule has 4 fully saturated rings. The van der Waals surface area contributed by atoms with Crippen LogP contribution >= 0.6 is 12.2 Å². The molecular weight excluding hydrogens is 384 g/mol. The highest BCUT2D eigenvalue weighted by atomic mass is 32.1. The number of thiocarbonyl (C=S) groups is 1. The molecule has 0 aliphatic heterocycles. The smallest absolute Gasteiger partial charge is 0.292 e. The minimum atomic E-state index is -0.348. The van der Waals surface area contributed by atoms with Crippen LogP contribution < -0.4 is 16.2 Å². The fraction of sp³-hybridized carbons (Fsp3) is 0.524. The topological polar surface area (TPSA) is 83.9 Å². The Kier molecular flexibility index (Phi) is 4.53. The first-order valence-corrected chi connectivity index (χ1v) is 10.8. The Morgan fingerprint density at radius 3 is 2.28 bits per heavy atom. The van der Waals surface area contributed by atoms with Crippen molar-refractivity contribution in [2.45, 2.75) is 51.0 Å². The van der Waals surface area contributed by atoms with Gasteiger partial charge in [0.15, 0.2) is 10.8 Å². The van der Waals surface area contributed by atoms with Crippen LogP contribution in [0, 0.1) is 24.7 Å². The largest absolute Gasteiger partial charge is 0.356 e.